The largest absolute Gasteiger partial charge is 0.454 e. The highest BCUT2D eigenvalue weighted by molar-refractivity contribution is 6.32. The summed E-state index contributed by atoms with van der Waals surface area (Å²) in [6, 6.07) is 5.75. The molecule has 94 valence electrons. The second-order valence-electron chi connectivity index (χ2n) is 4.00. The monoisotopic (exact) mass is 265 g/mol. The van der Waals surface area contributed by atoms with Gasteiger partial charge in [0.2, 0.25) is 6.79 Å². The van der Waals surface area contributed by atoms with E-state index in [9.17, 15) is 0 Å². The van der Waals surface area contributed by atoms with Gasteiger partial charge in [0.15, 0.2) is 11.5 Å². The van der Waals surface area contributed by atoms with Gasteiger partial charge >= 0.3 is 0 Å². The highest BCUT2D eigenvalue weighted by atomic mass is 35.5. The molecule has 3 rings (SSSR count). The lowest BCUT2D eigenvalue weighted by atomic mass is 10.2. The van der Waals surface area contributed by atoms with Crippen LogP contribution in [0.1, 0.15) is 11.3 Å². The molecule has 0 spiro atoms. The molecular weight excluding hydrogens is 254 g/mol. The first-order chi connectivity index (χ1) is 8.83. The van der Waals surface area contributed by atoms with E-state index >= 15 is 0 Å². The fourth-order valence-electron chi connectivity index (χ4n) is 1.85. The smallest absolute Gasteiger partial charge is 0.231 e. The average molecular weight is 266 g/mol. The predicted octanol–water partition coefficient (Wildman–Crippen LogP) is 2.08. The molecule has 0 amide bonds. The molecule has 0 saturated heterocycles. The number of aromatic nitrogens is 2. The minimum Gasteiger partial charge on any atom is -0.454 e. The molecule has 1 aromatic heterocycles. The van der Waals surface area contributed by atoms with Crippen LogP contribution < -0.4 is 14.8 Å². The number of nitrogens with one attached hydrogen (secondary N) is 2. The third-order valence-corrected chi connectivity index (χ3v) is 2.97. The molecule has 1 aliphatic heterocycles. The number of H-pyrrole nitrogens is 1. The summed E-state index contributed by atoms with van der Waals surface area (Å²) in [5.41, 5.74) is 2.10. The first-order valence-corrected chi connectivity index (χ1v) is 5.98. The second-order valence-corrected chi connectivity index (χ2v) is 4.40. The molecule has 2 N–H and O–H groups in total. The summed E-state index contributed by atoms with van der Waals surface area (Å²) in [6.07, 6.45) is 1.73. The molecule has 1 aromatic carbocycles. The summed E-state index contributed by atoms with van der Waals surface area (Å²) in [6.45, 7) is 1.67. The molecule has 2 heterocycles. The minimum atomic E-state index is 0.236. The number of aromatic amines is 1. The molecule has 2 aromatic rings. The normalized spacial score (nSPS) is 12.9. The molecule has 0 radical (unpaired) electrons. The zero-order chi connectivity index (χ0) is 12.4. The van der Waals surface area contributed by atoms with Crippen LogP contribution >= 0.6 is 11.6 Å². The van der Waals surface area contributed by atoms with Crippen molar-refractivity contribution in [2.24, 2.45) is 0 Å². The lowest BCUT2D eigenvalue weighted by molar-refractivity contribution is 0.174. The Morgan fingerprint density at radius 1 is 1.33 bits per heavy atom. The van der Waals surface area contributed by atoms with Crippen LogP contribution in [0.5, 0.6) is 11.5 Å². The summed E-state index contributed by atoms with van der Waals surface area (Å²) >= 11 is 6.10. The van der Waals surface area contributed by atoms with Crippen LogP contribution in [0.25, 0.3) is 0 Å². The first-order valence-electron chi connectivity index (χ1n) is 5.60. The number of nitrogens with zero attached hydrogens (tertiary/aromatic N) is 1. The van der Waals surface area contributed by atoms with Gasteiger partial charge in [-0.05, 0) is 23.8 Å². The Hall–Kier alpha value is -1.72. The SMILES string of the molecule is Clc1cc(CNCc2ccn[nH]2)cc2c1OCO2. The van der Waals surface area contributed by atoms with Crippen molar-refractivity contribution in [1.29, 1.82) is 0 Å². The van der Waals surface area contributed by atoms with Gasteiger partial charge in [0, 0.05) is 25.0 Å². The van der Waals surface area contributed by atoms with Crippen LogP contribution in [0.15, 0.2) is 24.4 Å². The van der Waals surface area contributed by atoms with Gasteiger partial charge < -0.3 is 14.8 Å². The van der Waals surface area contributed by atoms with Crippen molar-refractivity contribution in [3.8, 4) is 11.5 Å². The summed E-state index contributed by atoms with van der Waals surface area (Å²) in [5, 5.41) is 10.7. The fraction of sp³-hybridized carbons (Fsp3) is 0.250. The van der Waals surface area contributed by atoms with Crippen molar-refractivity contribution in [2.75, 3.05) is 6.79 Å². The van der Waals surface area contributed by atoms with E-state index in [4.69, 9.17) is 21.1 Å². The van der Waals surface area contributed by atoms with Crippen LogP contribution in [0.4, 0.5) is 0 Å². The molecule has 0 bridgehead atoms. The molecule has 0 atom stereocenters. The number of benzene rings is 1. The first kappa shape index (κ1) is 11.4. The molecular formula is C12H12ClN3O2. The summed E-state index contributed by atoms with van der Waals surface area (Å²) in [4.78, 5) is 0. The quantitative estimate of drug-likeness (QED) is 0.889. The zero-order valence-electron chi connectivity index (χ0n) is 9.57. The van der Waals surface area contributed by atoms with Crippen molar-refractivity contribution in [3.63, 3.8) is 0 Å². The molecule has 5 nitrogen and oxygen atoms in total. The van der Waals surface area contributed by atoms with Gasteiger partial charge in [-0.2, -0.15) is 5.10 Å². The van der Waals surface area contributed by atoms with Crippen molar-refractivity contribution >= 4 is 11.6 Å². The van der Waals surface area contributed by atoms with E-state index in [-0.39, 0.29) is 6.79 Å². The third-order valence-electron chi connectivity index (χ3n) is 2.69. The second kappa shape index (κ2) is 4.88. The lowest BCUT2D eigenvalue weighted by Gasteiger charge is -2.06. The van der Waals surface area contributed by atoms with Gasteiger partial charge in [-0.15, -0.1) is 0 Å². The third kappa shape index (κ3) is 2.27. The molecule has 0 aliphatic carbocycles. The number of halogens is 1. The van der Waals surface area contributed by atoms with Crippen molar-refractivity contribution in [1.82, 2.24) is 15.5 Å². The zero-order valence-corrected chi connectivity index (χ0v) is 10.3. The van der Waals surface area contributed by atoms with E-state index in [0.717, 1.165) is 17.8 Å². The van der Waals surface area contributed by atoms with Crippen molar-refractivity contribution < 1.29 is 9.47 Å². The average Bonchev–Trinajstić information content (AvgIpc) is 2.99. The number of ether oxygens (including phenoxy) is 2. The van der Waals surface area contributed by atoms with Crippen LogP contribution in [-0.4, -0.2) is 17.0 Å². The predicted molar refractivity (Wildman–Crippen MR) is 66.7 cm³/mol. The van der Waals surface area contributed by atoms with Gasteiger partial charge in [0.25, 0.3) is 0 Å². The van der Waals surface area contributed by atoms with Crippen LogP contribution in [0.3, 0.4) is 0 Å². The summed E-state index contributed by atoms with van der Waals surface area (Å²) in [5.74, 6) is 1.34. The van der Waals surface area contributed by atoms with Crippen molar-refractivity contribution in [3.05, 3.63) is 40.7 Å². The summed E-state index contributed by atoms with van der Waals surface area (Å²) < 4.78 is 10.6. The Morgan fingerprint density at radius 2 is 2.28 bits per heavy atom. The van der Waals surface area contributed by atoms with E-state index in [2.05, 4.69) is 15.5 Å². The number of hydrogen-bond donors (Lipinski definition) is 2. The van der Waals surface area contributed by atoms with E-state index in [1.165, 1.54) is 0 Å². The maximum atomic E-state index is 6.10. The summed E-state index contributed by atoms with van der Waals surface area (Å²) in [7, 11) is 0. The van der Waals surface area contributed by atoms with E-state index in [1.807, 2.05) is 18.2 Å². The Morgan fingerprint density at radius 3 is 3.11 bits per heavy atom. The highest BCUT2D eigenvalue weighted by Gasteiger charge is 2.17. The fourth-order valence-corrected chi connectivity index (χ4v) is 2.14. The van der Waals surface area contributed by atoms with Crippen LogP contribution in [0, 0.1) is 0 Å². The van der Waals surface area contributed by atoms with Gasteiger partial charge in [0.1, 0.15) is 0 Å². The molecule has 6 heteroatoms. The highest BCUT2D eigenvalue weighted by Crippen LogP contribution is 2.39. The number of fused-ring (bicyclic) bond motifs is 1. The Labute approximate surface area is 109 Å². The standard InChI is InChI=1S/C12H12ClN3O2/c13-10-3-8(4-11-12(10)18-7-17-11)5-14-6-9-1-2-15-16-9/h1-4,14H,5-7H2,(H,15,16). The maximum absolute atomic E-state index is 6.10. The Balaban J connectivity index is 1.65. The molecule has 0 unspecified atom stereocenters. The van der Waals surface area contributed by atoms with E-state index < -0.39 is 0 Å². The molecule has 1 aliphatic rings. The van der Waals surface area contributed by atoms with Crippen molar-refractivity contribution in [2.45, 2.75) is 13.1 Å². The topological polar surface area (TPSA) is 59.2 Å². The van der Waals surface area contributed by atoms with E-state index in [0.29, 0.717) is 23.1 Å². The van der Waals surface area contributed by atoms with Crippen LogP contribution in [0.2, 0.25) is 5.02 Å². The van der Waals surface area contributed by atoms with Gasteiger partial charge in [-0.25, -0.2) is 0 Å². The Kier molecular flexibility index (Phi) is 3.08. The lowest BCUT2D eigenvalue weighted by Crippen LogP contribution is -2.12. The van der Waals surface area contributed by atoms with Gasteiger partial charge in [-0.3, -0.25) is 5.10 Å². The Bertz CT molecular complexity index is 543. The molecule has 18 heavy (non-hydrogen) atoms. The minimum absolute atomic E-state index is 0.236. The maximum Gasteiger partial charge on any atom is 0.231 e. The van der Waals surface area contributed by atoms with Gasteiger partial charge in [-0.1, -0.05) is 11.6 Å². The number of rotatable bonds is 4. The van der Waals surface area contributed by atoms with Crippen LogP contribution in [-0.2, 0) is 13.1 Å². The molecule has 0 saturated carbocycles. The molecule has 0 fully saturated rings. The van der Waals surface area contributed by atoms with E-state index in [1.54, 1.807) is 6.20 Å². The number of hydrogen-bond acceptors (Lipinski definition) is 4. The van der Waals surface area contributed by atoms with Gasteiger partial charge in [0.05, 0.1) is 5.02 Å².